The summed E-state index contributed by atoms with van der Waals surface area (Å²) in [5, 5.41) is 14.9. The van der Waals surface area contributed by atoms with Crippen molar-refractivity contribution in [2.24, 2.45) is 5.92 Å². The molecule has 1 heterocycles. The van der Waals surface area contributed by atoms with Crippen LogP contribution in [0.5, 0.6) is 0 Å². The molecule has 116 valence electrons. The number of hydrogen-bond donors (Lipinski definition) is 1. The normalized spacial score (nSPS) is 25.1. The van der Waals surface area contributed by atoms with E-state index < -0.39 is 12.0 Å². The summed E-state index contributed by atoms with van der Waals surface area (Å²) >= 11 is 6.20. The van der Waals surface area contributed by atoms with Crippen molar-refractivity contribution < 1.29 is 19.4 Å². The molecule has 1 aliphatic heterocycles. The Morgan fingerprint density at radius 3 is 2.91 bits per heavy atom. The molecule has 6 heteroatoms. The third-order valence-corrected chi connectivity index (χ3v) is 4.54. The van der Waals surface area contributed by atoms with E-state index in [1.807, 2.05) is 12.2 Å². The predicted molar refractivity (Wildman–Crippen MR) is 79.8 cm³/mol. The maximum atomic E-state index is 12.2. The van der Waals surface area contributed by atoms with Gasteiger partial charge in [0.1, 0.15) is 6.04 Å². The molecule has 3 rings (SSSR count). The number of anilines is 1. The van der Waals surface area contributed by atoms with Gasteiger partial charge < -0.3 is 20.0 Å². The number of allylic oxidation sites excluding steroid dienone is 2. The Bertz CT molecular complexity index is 670. The van der Waals surface area contributed by atoms with Crippen LogP contribution in [0.25, 0.3) is 0 Å². The number of halogens is 1. The molecule has 0 saturated carbocycles. The highest BCUT2D eigenvalue weighted by molar-refractivity contribution is 6.33. The molecule has 0 bridgehead atoms. The van der Waals surface area contributed by atoms with Gasteiger partial charge in [-0.15, -0.1) is 0 Å². The molecule has 3 atom stereocenters. The lowest BCUT2D eigenvalue weighted by atomic mass is 9.77. The highest BCUT2D eigenvalue weighted by atomic mass is 35.5. The van der Waals surface area contributed by atoms with Crippen molar-refractivity contribution in [3.8, 4) is 0 Å². The SMILES string of the molecule is CCOC(=O)[C@@H]1Nc2c(Cl)ccc(C(=O)[O-])c2[C@@H]2C=CC[C@H]12. The molecule has 0 spiro atoms. The van der Waals surface area contributed by atoms with Gasteiger partial charge in [-0.3, -0.25) is 0 Å². The van der Waals surface area contributed by atoms with E-state index in [0.29, 0.717) is 29.3 Å². The number of carbonyl (C=O) groups is 2. The average molecular weight is 321 g/mol. The molecular formula is C16H15ClNO4-. The van der Waals surface area contributed by atoms with E-state index in [0.717, 1.165) is 0 Å². The Kier molecular flexibility index (Phi) is 3.83. The summed E-state index contributed by atoms with van der Waals surface area (Å²) in [7, 11) is 0. The lowest BCUT2D eigenvalue weighted by molar-refractivity contribution is -0.255. The molecule has 0 saturated heterocycles. The molecule has 1 aromatic rings. The largest absolute Gasteiger partial charge is 0.545 e. The Hall–Kier alpha value is -2.01. The van der Waals surface area contributed by atoms with Crippen LogP contribution in [0.3, 0.4) is 0 Å². The first-order valence-corrected chi connectivity index (χ1v) is 7.56. The van der Waals surface area contributed by atoms with Crippen molar-refractivity contribution >= 4 is 29.2 Å². The van der Waals surface area contributed by atoms with Crippen LogP contribution in [0.4, 0.5) is 5.69 Å². The van der Waals surface area contributed by atoms with Crippen LogP contribution in [-0.2, 0) is 9.53 Å². The minimum Gasteiger partial charge on any atom is -0.545 e. The second-order valence-electron chi connectivity index (χ2n) is 5.40. The zero-order valence-corrected chi connectivity index (χ0v) is 12.7. The molecule has 1 aliphatic carbocycles. The molecular weight excluding hydrogens is 306 g/mol. The highest BCUT2D eigenvalue weighted by Crippen LogP contribution is 2.48. The van der Waals surface area contributed by atoms with Gasteiger partial charge in [0.25, 0.3) is 0 Å². The van der Waals surface area contributed by atoms with Crippen molar-refractivity contribution in [1.29, 1.82) is 0 Å². The van der Waals surface area contributed by atoms with Crippen molar-refractivity contribution in [2.45, 2.75) is 25.3 Å². The van der Waals surface area contributed by atoms with Crippen LogP contribution in [-0.4, -0.2) is 24.6 Å². The Morgan fingerprint density at radius 2 is 2.23 bits per heavy atom. The molecule has 0 amide bonds. The fourth-order valence-electron chi connectivity index (χ4n) is 3.32. The molecule has 5 nitrogen and oxygen atoms in total. The third-order valence-electron chi connectivity index (χ3n) is 4.23. The van der Waals surface area contributed by atoms with Crippen molar-refractivity contribution in [3.63, 3.8) is 0 Å². The zero-order chi connectivity index (χ0) is 15.9. The Labute approximate surface area is 132 Å². The van der Waals surface area contributed by atoms with Crippen molar-refractivity contribution in [3.05, 3.63) is 40.4 Å². The highest BCUT2D eigenvalue weighted by Gasteiger charge is 2.43. The molecule has 0 unspecified atom stereocenters. The van der Waals surface area contributed by atoms with E-state index >= 15 is 0 Å². The Morgan fingerprint density at radius 1 is 1.45 bits per heavy atom. The first-order valence-electron chi connectivity index (χ1n) is 7.18. The van der Waals surface area contributed by atoms with E-state index in [4.69, 9.17) is 16.3 Å². The topological polar surface area (TPSA) is 78.5 Å². The number of carboxylic acid groups (broad SMARTS) is 1. The van der Waals surface area contributed by atoms with E-state index in [-0.39, 0.29) is 23.4 Å². The number of esters is 1. The minimum absolute atomic E-state index is 0.0804. The minimum atomic E-state index is -1.25. The summed E-state index contributed by atoms with van der Waals surface area (Å²) in [5.41, 5.74) is 1.18. The van der Waals surface area contributed by atoms with Gasteiger partial charge in [-0.25, -0.2) is 4.79 Å². The van der Waals surface area contributed by atoms with Gasteiger partial charge in [-0.05, 0) is 25.0 Å². The standard InChI is InChI=1S/C16H16ClNO4/c1-2-22-16(21)13-9-5-3-4-8(9)12-10(15(19)20)6-7-11(17)14(12)18-13/h3-4,6-9,13,18H,2,5H2,1H3,(H,19,20)/p-1/t8-,9+,13-/m1/s1. The van der Waals surface area contributed by atoms with Crippen LogP contribution in [0.1, 0.15) is 35.2 Å². The molecule has 1 aromatic carbocycles. The maximum absolute atomic E-state index is 12.2. The number of nitrogens with one attached hydrogen (secondary N) is 1. The van der Waals surface area contributed by atoms with Gasteiger partial charge >= 0.3 is 5.97 Å². The molecule has 0 fully saturated rings. The van der Waals surface area contributed by atoms with Gasteiger partial charge in [0, 0.05) is 17.4 Å². The van der Waals surface area contributed by atoms with Crippen LogP contribution < -0.4 is 10.4 Å². The van der Waals surface area contributed by atoms with E-state index in [2.05, 4.69) is 5.32 Å². The summed E-state index contributed by atoms with van der Waals surface area (Å²) < 4.78 is 5.12. The first kappa shape index (κ1) is 14.9. The second-order valence-corrected chi connectivity index (χ2v) is 5.81. The smallest absolute Gasteiger partial charge is 0.328 e. The summed E-state index contributed by atoms with van der Waals surface area (Å²) in [5.74, 6) is -1.86. The number of rotatable bonds is 3. The lowest BCUT2D eigenvalue weighted by Gasteiger charge is -2.37. The molecule has 22 heavy (non-hydrogen) atoms. The maximum Gasteiger partial charge on any atom is 0.328 e. The van der Waals surface area contributed by atoms with Gasteiger partial charge in [-0.1, -0.05) is 29.8 Å². The fourth-order valence-corrected chi connectivity index (χ4v) is 3.54. The van der Waals surface area contributed by atoms with Crippen molar-refractivity contribution in [2.75, 3.05) is 11.9 Å². The summed E-state index contributed by atoms with van der Waals surface area (Å²) in [6.45, 7) is 2.04. The fraction of sp³-hybridized carbons (Fsp3) is 0.375. The van der Waals surface area contributed by atoms with Crippen molar-refractivity contribution in [1.82, 2.24) is 0 Å². The monoisotopic (exact) mass is 320 g/mol. The Balaban J connectivity index is 2.11. The lowest BCUT2D eigenvalue weighted by Crippen LogP contribution is -2.44. The number of fused-ring (bicyclic) bond motifs is 3. The number of aromatic carboxylic acids is 1. The first-order chi connectivity index (χ1) is 10.5. The third kappa shape index (κ3) is 2.25. The summed E-state index contributed by atoms with van der Waals surface area (Å²) in [4.78, 5) is 23.6. The number of benzene rings is 1. The summed E-state index contributed by atoms with van der Waals surface area (Å²) in [6.07, 6.45) is 4.57. The number of ether oxygens (including phenoxy) is 1. The van der Waals surface area contributed by atoms with E-state index in [9.17, 15) is 14.7 Å². The van der Waals surface area contributed by atoms with Crippen LogP contribution >= 0.6 is 11.6 Å². The average Bonchev–Trinajstić information content (AvgIpc) is 2.96. The van der Waals surface area contributed by atoms with Gasteiger partial charge in [0.05, 0.1) is 23.3 Å². The number of carbonyl (C=O) groups excluding carboxylic acids is 2. The van der Waals surface area contributed by atoms with Crippen LogP contribution in [0.2, 0.25) is 5.02 Å². The number of carboxylic acids is 1. The van der Waals surface area contributed by atoms with E-state index in [1.165, 1.54) is 12.1 Å². The van der Waals surface area contributed by atoms with E-state index in [1.54, 1.807) is 6.92 Å². The van der Waals surface area contributed by atoms with Gasteiger partial charge in [0.2, 0.25) is 0 Å². The molecule has 0 radical (unpaired) electrons. The summed E-state index contributed by atoms with van der Waals surface area (Å²) in [6, 6.07) is 2.41. The van der Waals surface area contributed by atoms with Crippen LogP contribution in [0.15, 0.2) is 24.3 Å². The van der Waals surface area contributed by atoms with Gasteiger partial charge in [0.15, 0.2) is 0 Å². The molecule has 0 aromatic heterocycles. The number of hydrogen-bond acceptors (Lipinski definition) is 5. The molecule has 1 N–H and O–H groups in total. The second kappa shape index (κ2) is 5.65. The van der Waals surface area contributed by atoms with Crippen LogP contribution in [0, 0.1) is 5.92 Å². The predicted octanol–water partition coefficient (Wildman–Crippen LogP) is 1.72. The zero-order valence-electron chi connectivity index (χ0n) is 12.0. The quantitative estimate of drug-likeness (QED) is 0.677. The van der Waals surface area contributed by atoms with Gasteiger partial charge in [-0.2, -0.15) is 0 Å². The molecule has 2 aliphatic rings.